The monoisotopic (exact) mass is 391 g/mol. The Hall–Kier alpha value is -1.86. The van der Waals surface area contributed by atoms with Crippen LogP contribution in [-0.4, -0.2) is 40.0 Å². The lowest BCUT2D eigenvalue weighted by Crippen LogP contribution is -2.46. The number of fused-ring (bicyclic) bond motifs is 1. The lowest BCUT2D eigenvalue weighted by atomic mass is 10.0. The second-order valence-corrected chi connectivity index (χ2v) is 8.51. The molecular formula is C20H29N3O3S. The van der Waals surface area contributed by atoms with Gasteiger partial charge in [0.1, 0.15) is 0 Å². The summed E-state index contributed by atoms with van der Waals surface area (Å²) in [5.41, 5.74) is 0.302. The van der Waals surface area contributed by atoms with Crippen molar-refractivity contribution in [1.82, 2.24) is 14.9 Å². The molecule has 1 amide bonds. The number of benzene rings is 1. The Morgan fingerprint density at radius 1 is 1.37 bits per heavy atom. The molecule has 1 N–H and O–H groups in total. The highest BCUT2D eigenvalue weighted by Gasteiger charge is 2.24. The fourth-order valence-corrected chi connectivity index (χ4v) is 3.47. The predicted octanol–water partition coefficient (Wildman–Crippen LogP) is 3.22. The number of aromatic nitrogens is 2. The molecule has 0 fully saturated rings. The molecule has 1 aromatic heterocycles. The zero-order chi connectivity index (χ0) is 20.0. The summed E-state index contributed by atoms with van der Waals surface area (Å²) in [6, 6.07) is 7.30. The van der Waals surface area contributed by atoms with Crippen LogP contribution in [-0.2, 0) is 16.1 Å². The van der Waals surface area contributed by atoms with Crippen LogP contribution < -0.4 is 10.9 Å². The van der Waals surface area contributed by atoms with E-state index in [9.17, 15) is 9.59 Å². The van der Waals surface area contributed by atoms with Crippen molar-refractivity contribution in [3.05, 3.63) is 34.6 Å². The second-order valence-electron chi connectivity index (χ2n) is 7.20. The van der Waals surface area contributed by atoms with E-state index >= 15 is 0 Å². The Morgan fingerprint density at radius 3 is 2.74 bits per heavy atom. The lowest BCUT2D eigenvalue weighted by Gasteiger charge is -2.26. The van der Waals surface area contributed by atoms with Gasteiger partial charge >= 0.3 is 0 Å². The predicted molar refractivity (Wildman–Crippen MR) is 110 cm³/mol. The van der Waals surface area contributed by atoms with Gasteiger partial charge in [-0.15, -0.1) is 0 Å². The molecule has 148 valence electrons. The second kappa shape index (κ2) is 9.37. The topological polar surface area (TPSA) is 73.2 Å². The van der Waals surface area contributed by atoms with Crippen molar-refractivity contribution in [2.45, 2.75) is 63.0 Å². The maximum absolute atomic E-state index is 12.9. The number of methoxy groups -OCH3 is 1. The van der Waals surface area contributed by atoms with Gasteiger partial charge in [-0.2, -0.15) is 0 Å². The van der Waals surface area contributed by atoms with Crippen molar-refractivity contribution in [3.63, 3.8) is 0 Å². The number of hydrogen-bond donors (Lipinski definition) is 1. The quantitative estimate of drug-likeness (QED) is 0.404. The molecule has 6 nitrogen and oxygen atoms in total. The third-order valence-electron chi connectivity index (χ3n) is 4.55. The number of thioether (sulfide) groups is 1. The molecule has 2 aromatic rings. The number of ether oxygens (including phenoxy) is 1. The number of nitrogens with one attached hydrogen (secondary N) is 1. The number of carbonyl (C=O) groups excluding carboxylic acids is 1. The smallest absolute Gasteiger partial charge is 0.262 e. The van der Waals surface area contributed by atoms with E-state index in [0.717, 1.165) is 6.42 Å². The van der Waals surface area contributed by atoms with Gasteiger partial charge in [0.05, 0.1) is 16.2 Å². The number of carbonyl (C=O) groups is 1. The summed E-state index contributed by atoms with van der Waals surface area (Å²) < 4.78 is 6.76. The first-order valence-corrected chi connectivity index (χ1v) is 10.1. The zero-order valence-electron chi connectivity index (χ0n) is 16.7. The molecule has 0 aliphatic heterocycles. The molecule has 7 heteroatoms. The van der Waals surface area contributed by atoms with E-state index in [0.29, 0.717) is 35.6 Å². The number of hydrogen-bond acceptors (Lipinski definition) is 5. The third kappa shape index (κ3) is 5.56. The van der Waals surface area contributed by atoms with E-state index in [4.69, 9.17) is 4.74 Å². The average Bonchev–Trinajstić information content (AvgIpc) is 2.64. The summed E-state index contributed by atoms with van der Waals surface area (Å²) in [6.45, 7) is 8.93. The highest BCUT2D eigenvalue weighted by Crippen LogP contribution is 2.23. The normalized spacial score (nSPS) is 12.9. The summed E-state index contributed by atoms with van der Waals surface area (Å²) in [7, 11) is 1.64. The van der Waals surface area contributed by atoms with E-state index in [1.54, 1.807) is 17.7 Å². The Kier molecular flexibility index (Phi) is 7.44. The molecule has 2 rings (SSSR count). The van der Waals surface area contributed by atoms with Gasteiger partial charge in [-0.25, -0.2) is 4.98 Å². The van der Waals surface area contributed by atoms with E-state index in [2.05, 4.69) is 10.3 Å². The SMILES string of the molecule is CCC(C)(C)NC(=O)C(C)Sc1nc2ccccc2c(=O)n1CCCOC. The van der Waals surface area contributed by atoms with Crippen LogP contribution in [0.25, 0.3) is 10.9 Å². The van der Waals surface area contributed by atoms with E-state index in [1.807, 2.05) is 45.9 Å². The summed E-state index contributed by atoms with van der Waals surface area (Å²) in [5, 5.41) is 3.84. The molecule has 0 saturated heterocycles. The number of para-hydroxylation sites is 1. The summed E-state index contributed by atoms with van der Waals surface area (Å²) >= 11 is 1.32. The first-order valence-electron chi connectivity index (χ1n) is 9.26. The van der Waals surface area contributed by atoms with Crippen LogP contribution in [0.3, 0.4) is 0 Å². The average molecular weight is 392 g/mol. The fraction of sp³-hybridized carbons (Fsp3) is 0.550. The standard InChI is InChI=1S/C20H29N3O3S/c1-6-20(3,4)22-17(24)14(2)27-19-21-16-11-8-7-10-15(16)18(25)23(19)12-9-13-26-5/h7-8,10-11,14H,6,9,12-13H2,1-5H3,(H,22,24). The first kappa shape index (κ1) is 21.4. The van der Waals surface area contributed by atoms with Gasteiger partial charge in [0.15, 0.2) is 5.16 Å². The number of amides is 1. The van der Waals surface area contributed by atoms with Gasteiger partial charge in [0.2, 0.25) is 5.91 Å². The van der Waals surface area contributed by atoms with Crippen LogP contribution in [0.15, 0.2) is 34.2 Å². The molecule has 1 atom stereocenters. The molecule has 1 aromatic carbocycles. The van der Waals surface area contributed by atoms with Crippen molar-refractivity contribution in [2.24, 2.45) is 0 Å². The summed E-state index contributed by atoms with van der Waals surface area (Å²) in [5.74, 6) is -0.0577. The number of rotatable bonds is 9. The van der Waals surface area contributed by atoms with Crippen LogP contribution in [0.5, 0.6) is 0 Å². The van der Waals surface area contributed by atoms with Gasteiger partial charge < -0.3 is 10.1 Å². The van der Waals surface area contributed by atoms with Crippen molar-refractivity contribution in [1.29, 1.82) is 0 Å². The van der Waals surface area contributed by atoms with Crippen molar-refractivity contribution in [2.75, 3.05) is 13.7 Å². The molecule has 0 radical (unpaired) electrons. The minimum absolute atomic E-state index is 0.0577. The summed E-state index contributed by atoms with van der Waals surface area (Å²) in [6.07, 6.45) is 1.54. The van der Waals surface area contributed by atoms with Crippen molar-refractivity contribution >= 4 is 28.6 Å². The maximum atomic E-state index is 12.9. The fourth-order valence-electron chi connectivity index (χ4n) is 2.54. The molecule has 0 saturated carbocycles. The van der Waals surface area contributed by atoms with Gasteiger partial charge in [0.25, 0.3) is 5.56 Å². The Morgan fingerprint density at radius 2 is 2.07 bits per heavy atom. The molecule has 0 bridgehead atoms. The van der Waals surface area contributed by atoms with Crippen LogP contribution in [0.2, 0.25) is 0 Å². The van der Waals surface area contributed by atoms with E-state index in [-0.39, 0.29) is 22.3 Å². The Balaban J connectivity index is 2.33. The van der Waals surface area contributed by atoms with Crippen molar-refractivity contribution in [3.8, 4) is 0 Å². The van der Waals surface area contributed by atoms with E-state index < -0.39 is 0 Å². The van der Waals surface area contributed by atoms with Crippen molar-refractivity contribution < 1.29 is 9.53 Å². The molecule has 0 aliphatic carbocycles. The minimum Gasteiger partial charge on any atom is -0.385 e. The van der Waals surface area contributed by atoms with Crippen LogP contribution >= 0.6 is 11.8 Å². The van der Waals surface area contributed by atoms with Gasteiger partial charge in [-0.3, -0.25) is 14.2 Å². The first-order chi connectivity index (χ1) is 12.8. The van der Waals surface area contributed by atoms with Gasteiger partial charge in [-0.1, -0.05) is 30.8 Å². The lowest BCUT2D eigenvalue weighted by molar-refractivity contribution is -0.121. The maximum Gasteiger partial charge on any atom is 0.262 e. The molecule has 0 spiro atoms. The highest BCUT2D eigenvalue weighted by molar-refractivity contribution is 8.00. The van der Waals surface area contributed by atoms with E-state index in [1.165, 1.54) is 11.8 Å². The Labute approximate surface area is 164 Å². The Bertz CT molecular complexity index is 848. The van der Waals surface area contributed by atoms with Gasteiger partial charge in [0, 0.05) is 25.8 Å². The molecule has 1 heterocycles. The molecular weight excluding hydrogens is 362 g/mol. The molecule has 1 unspecified atom stereocenters. The largest absolute Gasteiger partial charge is 0.385 e. The van der Waals surface area contributed by atoms with Crippen LogP contribution in [0.4, 0.5) is 0 Å². The zero-order valence-corrected chi connectivity index (χ0v) is 17.6. The van der Waals surface area contributed by atoms with Crippen LogP contribution in [0.1, 0.15) is 40.5 Å². The van der Waals surface area contributed by atoms with Crippen LogP contribution in [0, 0.1) is 0 Å². The molecule has 0 aliphatic rings. The highest BCUT2D eigenvalue weighted by atomic mass is 32.2. The number of nitrogens with zero attached hydrogens (tertiary/aromatic N) is 2. The summed E-state index contributed by atoms with van der Waals surface area (Å²) in [4.78, 5) is 30.2. The third-order valence-corrected chi connectivity index (χ3v) is 5.64. The molecule has 27 heavy (non-hydrogen) atoms. The minimum atomic E-state index is -0.363. The van der Waals surface area contributed by atoms with Gasteiger partial charge in [-0.05, 0) is 45.7 Å².